The first kappa shape index (κ1) is 26.2. The van der Waals surface area contributed by atoms with Gasteiger partial charge in [0.25, 0.3) is 0 Å². The molecule has 1 aliphatic rings. The lowest BCUT2D eigenvalue weighted by atomic mass is 10.0. The van der Waals surface area contributed by atoms with Gasteiger partial charge in [0.2, 0.25) is 5.82 Å². The van der Waals surface area contributed by atoms with E-state index in [0.717, 1.165) is 4.57 Å². The monoisotopic (exact) mass is 541 g/mol. The predicted molar refractivity (Wildman–Crippen MR) is 129 cm³/mol. The third kappa shape index (κ3) is 4.99. The summed E-state index contributed by atoms with van der Waals surface area (Å²) in [5, 5.41) is 6.27. The normalized spacial score (nSPS) is 17.2. The minimum absolute atomic E-state index is 0.0130. The number of thioether (sulfide) groups is 1. The summed E-state index contributed by atoms with van der Waals surface area (Å²) in [6.45, 7) is 3.40. The van der Waals surface area contributed by atoms with Crippen molar-refractivity contribution in [3.8, 4) is 17.2 Å². The van der Waals surface area contributed by atoms with Gasteiger partial charge >= 0.3 is 12.1 Å². The van der Waals surface area contributed by atoms with E-state index >= 15 is 0 Å². The number of methoxy groups -OCH3 is 2. The Hall–Kier alpha value is -2.92. The van der Waals surface area contributed by atoms with E-state index in [2.05, 4.69) is 10.2 Å². The molecule has 0 saturated heterocycles. The van der Waals surface area contributed by atoms with Gasteiger partial charge in [0.05, 0.1) is 42.9 Å². The highest BCUT2D eigenvalue weighted by molar-refractivity contribution is 8.00. The molecule has 2 heterocycles. The highest BCUT2D eigenvalue weighted by Gasteiger charge is 2.43. The Morgan fingerprint density at radius 2 is 1.89 bits per heavy atom. The molecular formula is C24H23ClF3N3O4S. The van der Waals surface area contributed by atoms with E-state index in [1.807, 2.05) is 0 Å². The number of aromatic nitrogens is 3. The Bertz CT molecular complexity index is 1280. The van der Waals surface area contributed by atoms with Crippen molar-refractivity contribution in [1.82, 2.24) is 14.8 Å². The third-order valence-electron chi connectivity index (χ3n) is 5.48. The molecule has 2 atom stereocenters. The molecule has 4 rings (SSSR count). The predicted octanol–water partition coefficient (Wildman–Crippen LogP) is 6.18. The number of esters is 1. The Balaban J connectivity index is 1.98. The van der Waals surface area contributed by atoms with Crippen molar-refractivity contribution in [1.29, 1.82) is 0 Å². The molecule has 1 aliphatic heterocycles. The average molecular weight is 542 g/mol. The van der Waals surface area contributed by atoms with Crippen molar-refractivity contribution in [2.45, 2.75) is 43.0 Å². The maximum atomic E-state index is 14.0. The zero-order valence-corrected chi connectivity index (χ0v) is 21.4. The molecule has 0 bridgehead atoms. The number of fused-ring (bicyclic) bond motifs is 3. The van der Waals surface area contributed by atoms with Gasteiger partial charge in [-0.3, -0.25) is 9.36 Å². The van der Waals surface area contributed by atoms with Gasteiger partial charge in [-0.05, 0) is 43.7 Å². The van der Waals surface area contributed by atoms with E-state index < -0.39 is 28.5 Å². The summed E-state index contributed by atoms with van der Waals surface area (Å²) in [5.41, 5.74) is 1.32. The summed E-state index contributed by atoms with van der Waals surface area (Å²) in [5.74, 6) is -0.899. The van der Waals surface area contributed by atoms with Crippen LogP contribution in [0.3, 0.4) is 0 Å². The van der Waals surface area contributed by atoms with Gasteiger partial charge in [0.15, 0.2) is 17.3 Å². The van der Waals surface area contributed by atoms with E-state index in [9.17, 15) is 18.0 Å². The molecule has 0 saturated carbocycles. The lowest BCUT2D eigenvalue weighted by molar-refractivity contribution is -0.147. The first-order valence-electron chi connectivity index (χ1n) is 10.9. The summed E-state index contributed by atoms with van der Waals surface area (Å²) in [6.07, 6.45) is -5.39. The van der Waals surface area contributed by atoms with E-state index in [4.69, 9.17) is 25.8 Å². The second-order valence-corrected chi connectivity index (χ2v) is 10.00. The number of benzene rings is 2. The van der Waals surface area contributed by atoms with Crippen LogP contribution in [0.25, 0.3) is 5.69 Å². The largest absolute Gasteiger partial charge is 0.493 e. The number of hydrogen-bond donors (Lipinski definition) is 0. The maximum absolute atomic E-state index is 14.0. The Labute approximate surface area is 214 Å². The fraction of sp³-hybridized carbons (Fsp3) is 0.375. The lowest BCUT2D eigenvalue weighted by Gasteiger charge is -2.24. The lowest BCUT2D eigenvalue weighted by Crippen LogP contribution is -2.18. The number of carbonyl (C=O) groups excluding carboxylic acids is 1. The molecule has 0 spiro atoms. The molecule has 1 aromatic heterocycles. The van der Waals surface area contributed by atoms with Crippen molar-refractivity contribution >= 4 is 29.3 Å². The molecule has 0 aliphatic carbocycles. The highest BCUT2D eigenvalue weighted by Crippen LogP contribution is 2.54. The topological polar surface area (TPSA) is 75.5 Å². The molecule has 0 unspecified atom stereocenters. The number of nitrogens with zero attached hydrogens (tertiary/aromatic N) is 3. The zero-order chi connectivity index (χ0) is 26.2. The van der Waals surface area contributed by atoms with Crippen LogP contribution in [0.2, 0.25) is 5.02 Å². The van der Waals surface area contributed by atoms with Crippen LogP contribution in [0.5, 0.6) is 11.5 Å². The molecule has 12 heteroatoms. The summed E-state index contributed by atoms with van der Waals surface area (Å²) in [7, 11) is 2.98. The van der Waals surface area contributed by atoms with E-state index in [-0.39, 0.29) is 24.0 Å². The van der Waals surface area contributed by atoms with Crippen LogP contribution in [0.4, 0.5) is 13.2 Å². The molecular weight excluding hydrogens is 519 g/mol. The summed E-state index contributed by atoms with van der Waals surface area (Å²) in [4.78, 5) is 12.7. The van der Waals surface area contributed by atoms with Crippen molar-refractivity contribution < 1.29 is 32.2 Å². The van der Waals surface area contributed by atoms with Crippen LogP contribution in [0, 0.1) is 0 Å². The van der Waals surface area contributed by atoms with Gasteiger partial charge in [0.1, 0.15) is 0 Å². The molecule has 36 heavy (non-hydrogen) atoms. The van der Waals surface area contributed by atoms with Gasteiger partial charge in [-0.15, -0.1) is 22.0 Å². The van der Waals surface area contributed by atoms with Crippen LogP contribution < -0.4 is 9.47 Å². The van der Waals surface area contributed by atoms with Crippen molar-refractivity contribution in [2.75, 3.05) is 14.2 Å². The zero-order valence-electron chi connectivity index (χ0n) is 19.8. The first-order chi connectivity index (χ1) is 17.0. The quantitative estimate of drug-likeness (QED) is 0.345. The highest BCUT2D eigenvalue weighted by atomic mass is 35.5. The van der Waals surface area contributed by atoms with Crippen LogP contribution in [-0.2, 0) is 15.7 Å². The van der Waals surface area contributed by atoms with Crippen molar-refractivity contribution in [3.63, 3.8) is 0 Å². The minimum Gasteiger partial charge on any atom is -0.493 e. The number of carbonyl (C=O) groups is 1. The Kier molecular flexibility index (Phi) is 7.42. The number of halogens is 4. The fourth-order valence-electron chi connectivity index (χ4n) is 4.12. The van der Waals surface area contributed by atoms with Crippen molar-refractivity contribution in [3.05, 3.63) is 64.2 Å². The summed E-state index contributed by atoms with van der Waals surface area (Å²) < 4.78 is 59.4. The molecule has 0 N–H and O–H groups in total. The number of ether oxygens (including phenoxy) is 3. The molecule has 7 nitrogen and oxygen atoms in total. The summed E-state index contributed by atoms with van der Waals surface area (Å²) in [6, 6.07) is 9.87. The van der Waals surface area contributed by atoms with Crippen LogP contribution in [0.15, 0.2) is 36.4 Å². The third-order valence-corrected chi connectivity index (χ3v) is 7.20. The van der Waals surface area contributed by atoms with Crippen LogP contribution in [-0.4, -0.2) is 41.1 Å². The number of alkyl halides is 3. The SMILES string of the molecule is COc1cccc([C@H]2S[C@H](CC(=O)OC(C)C)c3nnc(C(F)(F)F)n3-c3ccc(Cl)cc32)c1OC. The van der Waals surface area contributed by atoms with Crippen LogP contribution >= 0.6 is 23.4 Å². The van der Waals surface area contributed by atoms with E-state index in [0.29, 0.717) is 27.6 Å². The second-order valence-electron chi connectivity index (χ2n) is 8.25. The number of rotatable bonds is 6. The molecule has 192 valence electrons. The Morgan fingerprint density at radius 1 is 1.14 bits per heavy atom. The number of para-hydroxylation sites is 1. The molecule has 0 fully saturated rings. The minimum atomic E-state index is -4.79. The van der Waals surface area contributed by atoms with Gasteiger partial charge < -0.3 is 14.2 Å². The fourth-order valence-corrected chi connectivity index (χ4v) is 5.81. The van der Waals surface area contributed by atoms with E-state index in [1.165, 1.54) is 38.1 Å². The van der Waals surface area contributed by atoms with Gasteiger partial charge in [-0.1, -0.05) is 23.7 Å². The number of hydrogen-bond acceptors (Lipinski definition) is 7. The molecule has 0 amide bonds. The van der Waals surface area contributed by atoms with Crippen LogP contribution in [0.1, 0.15) is 53.5 Å². The average Bonchev–Trinajstić information content (AvgIpc) is 3.21. The second kappa shape index (κ2) is 10.2. The van der Waals surface area contributed by atoms with E-state index in [1.54, 1.807) is 38.1 Å². The maximum Gasteiger partial charge on any atom is 0.452 e. The Morgan fingerprint density at radius 3 is 2.53 bits per heavy atom. The first-order valence-corrected chi connectivity index (χ1v) is 12.2. The molecule has 2 aromatic carbocycles. The molecule has 3 aromatic rings. The van der Waals surface area contributed by atoms with Crippen molar-refractivity contribution in [2.24, 2.45) is 0 Å². The van der Waals surface area contributed by atoms with Gasteiger partial charge in [-0.25, -0.2) is 0 Å². The molecule has 0 radical (unpaired) electrons. The van der Waals surface area contributed by atoms with Gasteiger partial charge in [-0.2, -0.15) is 13.2 Å². The van der Waals surface area contributed by atoms with Gasteiger partial charge in [0, 0.05) is 10.6 Å². The standard InChI is InChI=1S/C24H23ClF3N3O4S/c1-12(2)35-19(32)11-18-22-29-30-23(24(26,27)28)31(22)16-9-8-13(25)10-15(16)21(36-18)14-6-5-7-17(33-3)20(14)34-4/h5-10,12,18,21H,11H2,1-4H3/t18-,21-/m1/s1. The summed E-state index contributed by atoms with van der Waals surface area (Å²) >= 11 is 7.56. The smallest absolute Gasteiger partial charge is 0.452 e.